The zero-order chi connectivity index (χ0) is 34.3. The molecule has 0 radical (unpaired) electrons. The van der Waals surface area contributed by atoms with Crippen molar-refractivity contribution in [3.8, 4) is 44.5 Å². The van der Waals surface area contributed by atoms with E-state index >= 15 is 0 Å². The van der Waals surface area contributed by atoms with E-state index in [1.807, 2.05) is 78.9 Å². The minimum Gasteiger partial charge on any atom is -0.354 e. The van der Waals surface area contributed by atoms with Crippen LogP contribution in [0, 0.1) is 10.1 Å². The van der Waals surface area contributed by atoms with E-state index in [0.29, 0.717) is 11.3 Å². The maximum absolute atomic E-state index is 11.9. The van der Waals surface area contributed by atoms with Gasteiger partial charge in [-0.05, 0) is 107 Å². The van der Waals surface area contributed by atoms with Gasteiger partial charge in [0.1, 0.15) is 0 Å². The van der Waals surface area contributed by atoms with E-state index in [4.69, 9.17) is 9.97 Å². The lowest BCUT2D eigenvalue weighted by Crippen LogP contribution is -1.91. The van der Waals surface area contributed by atoms with E-state index < -0.39 is 0 Å². The molecule has 0 saturated heterocycles. The maximum atomic E-state index is 11.9. The predicted molar refractivity (Wildman–Crippen MR) is 201 cm³/mol. The number of fused-ring (bicyclic) bond motifs is 8. The molecule has 0 unspecified atom stereocenters. The normalized spacial score (nSPS) is 11.9. The summed E-state index contributed by atoms with van der Waals surface area (Å²) in [6.45, 7) is 0. The summed E-state index contributed by atoms with van der Waals surface area (Å²) < 4.78 is 0. The molecule has 10 heteroatoms. The van der Waals surface area contributed by atoms with Gasteiger partial charge in [0, 0.05) is 93.6 Å². The lowest BCUT2D eigenvalue weighted by atomic mass is 10.0. The van der Waals surface area contributed by atoms with Gasteiger partial charge >= 0.3 is 0 Å². The zero-order valence-corrected chi connectivity index (χ0v) is 26.9. The van der Waals surface area contributed by atoms with Crippen LogP contribution in [0.1, 0.15) is 22.8 Å². The van der Waals surface area contributed by atoms with Crippen LogP contribution in [0.3, 0.4) is 0 Å². The summed E-state index contributed by atoms with van der Waals surface area (Å²) in [7, 11) is 0. The Morgan fingerprint density at radius 1 is 0.451 bits per heavy atom. The minimum absolute atomic E-state index is 0.00698. The minimum atomic E-state index is -0.382. The van der Waals surface area contributed by atoms with Gasteiger partial charge in [-0.15, -0.1) is 0 Å². The average Bonchev–Trinajstić information content (AvgIpc) is 4.01. The number of nitrogens with zero attached hydrogens (tertiary/aromatic N) is 6. The van der Waals surface area contributed by atoms with Gasteiger partial charge in [0.25, 0.3) is 5.69 Å². The molecule has 0 spiro atoms. The Morgan fingerprint density at radius 3 is 1.16 bits per heavy atom. The largest absolute Gasteiger partial charge is 0.354 e. The topological polar surface area (TPSA) is 139 Å². The van der Waals surface area contributed by atoms with Crippen LogP contribution in [-0.4, -0.2) is 39.8 Å². The number of nitro groups is 1. The number of hydrogen-bond donors (Lipinski definition) is 2. The fourth-order valence-corrected chi connectivity index (χ4v) is 6.75. The van der Waals surface area contributed by atoms with Crippen molar-refractivity contribution in [1.29, 1.82) is 0 Å². The van der Waals surface area contributed by atoms with Crippen LogP contribution in [0.2, 0.25) is 0 Å². The molecule has 8 bridgehead atoms. The number of benzene rings is 1. The van der Waals surface area contributed by atoms with Gasteiger partial charge in [-0.1, -0.05) is 12.1 Å². The summed E-state index contributed by atoms with van der Waals surface area (Å²) in [6, 6.07) is 26.6. The number of nitrogens with one attached hydrogen (secondary N) is 2. The third-order valence-electron chi connectivity index (χ3n) is 9.01. The van der Waals surface area contributed by atoms with Gasteiger partial charge in [0.05, 0.1) is 27.7 Å². The van der Waals surface area contributed by atoms with Crippen LogP contribution in [-0.2, 0) is 0 Å². The average molecular weight is 663 g/mol. The fourth-order valence-electron chi connectivity index (χ4n) is 6.75. The Morgan fingerprint density at radius 2 is 0.804 bits per heavy atom. The Kier molecular flexibility index (Phi) is 7.17. The molecule has 7 aromatic rings. The summed E-state index contributed by atoms with van der Waals surface area (Å²) in [5.74, 6) is 0. The van der Waals surface area contributed by atoms with Crippen molar-refractivity contribution in [3.05, 3.63) is 155 Å². The molecule has 0 atom stereocenters. The second kappa shape index (κ2) is 12.3. The molecule has 0 amide bonds. The molecule has 8 heterocycles. The van der Waals surface area contributed by atoms with Crippen LogP contribution < -0.4 is 0 Å². The number of non-ortho nitro benzene ring substituents is 1. The van der Waals surface area contributed by atoms with Crippen molar-refractivity contribution in [3.63, 3.8) is 0 Å². The molecular weight excluding hydrogens is 637 g/mol. The first-order valence-electron chi connectivity index (χ1n) is 16.2. The molecule has 0 aliphatic carbocycles. The van der Waals surface area contributed by atoms with Crippen LogP contribution in [0.15, 0.2) is 122 Å². The Balaban J connectivity index is 1.48. The van der Waals surface area contributed by atoms with Crippen molar-refractivity contribution in [2.24, 2.45) is 0 Å². The highest BCUT2D eigenvalue weighted by atomic mass is 16.6. The third-order valence-corrected chi connectivity index (χ3v) is 9.01. The molecule has 2 N–H and O–H groups in total. The molecule has 6 aromatic heterocycles. The lowest BCUT2D eigenvalue weighted by Gasteiger charge is -2.06. The van der Waals surface area contributed by atoms with E-state index in [0.717, 1.165) is 78.1 Å². The molecule has 1 aromatic carbocycles. The Bertz CT molecular complexity index is 2680. The molecule has 0 fully saturated rings. The van der Waals surface area contributed by atoms with E-state index in [-0.39, 0.29) is 10.6 Å². The predicted octanol–water partition coefficient (Wildman–Crippen LogP) is 9.42. The van der Waals surface area contributed by atoms with E-state index in [9.17, 15) is 10.1 Å². The summed E-state index contributed by atoms with van der Waals surface area (Å²) >= 11 is 0. The highest BCUT2D eigenvalue weighted by molar-refractivity contribution is 5.99. The smallest absolute Gasteiger partial charge is 0.270 e. The molecular formula is C41H26N8O2. The van der Waals surface area contributed by atoms with Gasteiger partial charge in [-0.2, -0.15) is 0 Å². The summed E-state index contributed by atoms with van der Waals surface area (Å²) in [5, 5.41) is 11.9. The fraction of sp³-hybridized carbons (Fsp3) is 0. The van der Waals surface area contributed by atoms with Crippen molar-refractivity contribution >= 4 is 52.1 Å². The first-order valence-corrected chi connectivity index (χ1v) is 16.2. The van der Waals surface area contributed by atoms with Gasteiger partial charge in [-0.25, -0.2) is 9.97 Å². The van der Waals surface area contributed by atoms with Crippen molar-refractivity contribution in [1.82, 2.24) is 34.9 Å². The van der Waals surface area contributed by atoms with Gasteiger partial charge in [-0.3, -0.25) is 25.1 Å². The van der Waals surface area contributed by atoms with Crippen LogP contribution in [0.4, 0.5) is 5.69 Å². The molecule has 51 heavy (non-hydrogen) atoms. The molecule has 2 aliphatic heterocycles. The van der Waals surface area contributed by atoms with Gasteiger partial charge < -0.3 is 9.97 Å². The van der Waals surface area contributed by atoms with Crippen molar-refractivity contribution in [2.45, 2.75) is 0 Å². The van der Waals surface area contributed by atoms with Crippen molar-refractivity contribution in [2.75, 3.05) is 0 Å². The molecule has 10 nitrogen and oxygen atoms in total. The van der Waals surface area contributed by atoms with E-state index in [1.165, 1.54) is 6.07 Å². The van der Waals surface area contributed by atoms with E-state index in [2.05, 4.69) is 37.1 Å². The number of hydrogen-bond acceptors (Lipinski definition) is 7. The number of rotatable bonds is 5. The van der Waals surface area contributed by atoms with Crippen LogP contribution in [0.5, 0.6) is 0 Å². The summed E-state index contributed by atoms with van der Waals surface area (Å²) in [4.78, 5) is 42.1. The summed E-state index contributed by atoms with van der Waals surface area (Å²) in [5.41, 5.74) is 13.1. The molecule has 9 rings (SSSR count). The SMILES string of the molecule is O=[N+]([O-])c1cccc(-c2c3nc(c(-c4ccncc4)c4ccc([nH]4)c(-c4ccncc4)c4nc(c(-c5ccncc5)c5ccc2[nH]5)C=C4)C=C3)c1. The first kappa shape index (κ1) is 29.8. The highest BCUT2D eigenvalue weighted by Gasteiger charge is 2.19. The monoisotopic (exact) mass is 662 g/mol. The number of aromatic nitrogens is 7. The number of nitro benzene ring substituents is 1. The Hall–Kier alpha value is -7.33. The lowest BCUT2D eigenvalue weighted by molar-refractivity contribution is -0.384. The number of H-pyrrole nitrogens is 2. The molecule has 2 aliphatic rings. The third kappa shape index (κ3) is 5.37. The number of pyridine rings is 3. The zero-order valence-electron chi connectivity index (χ0n) is 26.9. The quantitative estimate of drug-likeness (QED) is 0.138. The number of aromatic amines is 2. The van der Waals surface area contributed by atoms with Gasteiger partial charge in [0.15, 0.2) is 0 Å². The van der Waals surface area contributed by atoms with E-state index in [1.54, 1.807) is 49.3 Å². The molecule has 0 saturated carbocycles. The highest BCUT2D eigenvalue weighted by Crippen LogP contribution is 2.38. The standard InChI is InChI=1S/C41H26N8O2/c50-49(51)29-3-1-2-28(24-29)41-36-10-8-34(47-36)39(26-14-20-43-21-15-26)32-6-4-30(45-32)38(25-12-18-42-19-13-25)31-5-7-33(46-31)40(27-16-22-44-23-17-27)35-9-11-37(41)48-35/h1-24,45,48H. The molecule has 242 valence electrons. The van der Waals surface area contributed by atoms with Crippen molar-refractivity contribution < 1.29 is 4.92 Å². The van der Waals surface area contributed by atoms with Gasteiger partial charge in [0.2, 0.25) is 0 Å². The maximum Gasteiger partial charge on any atom is 0.270 e. The van der Waals surface area contributed by atoms with Crippen LogP contribution >= 0.6 is 0 Å². The Labute approximate surface area is 290 Å². The summed E-state index contributed by atoms with van der Waals surface area (Å²) in [6.07, 6.45) is 18.6. The van der Waals surface area contributed by atoms with Crippen LogP contribution in [0.25, 0.3) is 90.9 Å². The second-order valence-electron chi connectivity index (χ2n) is 12.0. The second-order valence-corrected chi connectivity index (χ2v) is 12.0. The first-order chi connectivity index (χ1) is 25.1.